The highest BCUT2D eigenvalue weighted by atomic mass is 16.6. The van der Waals surface area contributed by atoms with E-state index in [2.05, 4.69) is 39.0 Å². The van der Waals surface area contributed by atoms with E-state index in [-0.39, 0.29) is 11.6 Å². The van der Waals surface area contributed by atoms with Crippen molar-refractivity contribution < 1.29 is 14.3 Å². The number of ether oxygens (including phenoxy) is 2. The summed E-state index contributed by atoms with van der Waals surface area (Å²) in [6.45, 7) is 7.14. The minimum absolute atomic E-state index is 0.0595. The number of carbonyl (C=O) groups is 1. The molecule has 24 heavy (non-hydrogen) atoms. The molecule has 1 saturated carbocycles. The zero-order valence-corrected chi connectivity index (χ0v) is 14.9. The first-order chi connectivity index (χ1) is 11.4. The molecule has 1 aromatic rings. The lowest BCUT2D eigenvalue weighted by Gasteiger charge is -2.40. The molecule has 1 saturated heterocycles. The van der Waals surface area contributed by atoms with Crippen molar-refractivity contribution in [2.75, 3.05) is 6.61 Å². The lowest BCUT2D eigenvalue weighted by molar-refractivity contribution is -0.152. The van der Waals surface area contributed by atoms with Crippen LogP contribution in [0.25, 0.3) is 5.57 Å². The molecule has 0 aromatic heterocycles. The summed E-state index contributed by atoms with van der Waals surface area (Å²) in [4.78, 5) is 12.6. The van der Waals surface area contributed by atoms with Crippen molar-refractivity contribution >= 4 is 11.5 Å². The third-order valence-electron chi connectivity index (χ3n) is 6.06. The van der Waals surface area contributed by atoms with Gasteiger partial charge in [-0.15, -0.1) is 0 Å². The van der Waals surface area contributed by atoms with Crippen LogP contribution >= 0.6 is 0 Å². The Morgan fingerprint density at radius 3 is 2.21 bits per heavy atom. The molecular weight excluding hydrogens is 300 g/mol. The summed E-state index contributed by atoms with van der Waals surface area (Å²) in [5, 5.41) is 0. The standard InChI is InChI=1S/C21H26O3/c1-14-11-15(2)18(16(3)12-14)17-13-21(24-19(17)22)8-6-20(7-9-21)5-4-10-23-20/h11-13H,4-10H2,1-3H3. The maximum absolute atomic E-state index is 12.6. The smallest absolute Gasteiger partial charge is 0.339 e. The van der Waals surface area contributed by atoms with Crippen molar-refractivity contribution in [1.82, 2.24) is 0 Å². The Labute approximate surface area is 144 Å². The molecule has 2 aliphatic heterocycles. The molecule has 2 heterocycles. The third kappa shape index (κ3) is 2.50. The van der Waals surface area contributed by atoms with Gasteiger partial charge in [-0.25, -0.2) is 4.79 Å². The number of hydrogen-bond acceptors (Lipinski definition) is 3. The Hall–Kier alpha value is -1.61. The zero-order valence-electron chi connectivity index (χ0n) is 14.9. The molecule has 3 heteroatoms. The molecule has 128 valence electrons. The van der Waals surface area contributed by atoms with Crippen molar-refractivity contribution in [2.45, 2.75) is 70.5 Å². The first-order valence-corrected chi connectivity index (χ1v) is 9.10. The highest BCUT2D eigenvalue weighted by molar-refractivity contribution is 6.19. The Bertz CT molecular complexity index is 690. The van der Waals surface area contributed by atoms with E-state index in [9.17, 15) is 4.79 Å². The normalized spacial score (nSPS) is 32.5. The van der Waals surface area contributed by atoms with Crippen LogP contribution < -0.4 is 0 Å². The summed E-state index contributed by atoms with van der Waals surface area (Å²) >= 11 is 0. The molecule has 3 nitrogen and oxygen atoms in total. The van der Waals surface area contributed by atoms with Gasteiger partial charge in [-0.05, 0) is 82.1 Å². The summed E-state index contributed by atoms with van der Waals surface area (Å²) in [6, 6.07) is 4.29. The van der Waals surface area contributed by atoms with E-state index in [1.54, 1.807) is 0 Å². The van der Waals surface area contributed by atoms with Crippen molar-refractivity contribution in [3.63, 3.8) is 0 Å². The maximum Gasteiger partial charge on any atom is 0.339 e. The van der Waals surface area contributed by atoms with Gasteiger partial charge in [0.2, 0.25) is 0 Å². The molecule has 1 aliphatic carbocycles. The van der Waals surface area contributed by atoms with Gasteiger partial charge >= 0.3 is 5.97 Å². The van der Waals surface area contributed by atoms with Gasteiger partial charge in [0.25, 0.3) is 0 Å². The van der Waals surface area contributed by atoms with Gasteiger partial charge in [-0.2, -0.15) is 0 Å². The second-order valence-electron chi connectivity index (χ2n) is 7.92. The molecule has 3 aliphatic rings. The van der Waals surface area contributed by atoms with Gasteiger partial charge in [-0.3, -0.25) is 0 Å². The van der Waals surface area contributed by atoms with Crippen LogP contribution in [-0.4, -0.2) is 23.8 Å². The van der Waals surface area contributed by atoms with Gasteiger partial charge in [0.15, 0.2) is 0 Å². The van der Waals surface area contributed by atoms with E-state index in [4.69, 9.17) is 9.47 Å². The van der Waals surface area contributed by atoms with E-state index >= 15 is 0 Å². The molecule has 0 unspecified atom stereocenters. The summed E-state index contributed by atoms with van der Waals surface area (Å²) in [5.74, 6) is -0.159. The van der Waals surface area contributed by atoms with Crippen molar-refractivity contribution in [1.29, 1.82) is 0 Å². The summed E-state index contributed by atoms with van der Waals surface area (Å²) in [7, 11) is 0. The third-order valence-corrected chi connectivity index (χ3v) is 6.06. The fourth-order valence-electron chi connectivity index (χ4n) is 4.89. The fraction of sp³-hybridized carbons (Fsp3) is 0.571. The monoisotopic (exact) mass is 326 g/mol. The highest BCUT2D eigenvalue weighted by Gasteiger charge is 2.49. The number of esters is 1. The average Bonchev–Trinajstić information content (AvgIpc) is 3.08. The lowest BCUT2D eigenvalue weighted by Crippen LogP contribution is -2.42. The van der Waals surface area contributed by atoms with E-state index in [1.165, 1.54) is 5.56 Å². The first-order valence-electron chi connectivity index (χ1n) is 9.10. The molecule has 0 N–H and O–H groups in total. The Kier molecular flexibility index (Phi) is 3.61. The van der Waals surface area contributed by atoms with Crippen molar-refractivity contribution in [3.8, 4) is 0 Å². The van der Waals surface area contributed by atoms with E-state index < -0.39 is 5.60 Å². The first kappa shape index (κ1) is 15.9. The molecule has 0 radical (unpaired) electrons. The van der Waals surface area contributed by atoms with Crippen LogP contribution in [0.15, 0.2) is 18.2 Å². The Morgan fingerprint density at radius 1 is 0.958 bits per heavy atom. The van der Waals surface area contributed by atoms with Crippen molar-refractivity contribution in [3.05, 3.63) is 40.5 Å². The maximum atomic E-state index is 12.6. The lowest BCUT2D eigenvalue weighted by atomic mass is 9.74. The van der Waals surface area contributed by atoms with Crippen LogP contribution in [0.4, 0.5) is 0 Å². The Morgan fingerprint density at radius 2 is 1.62 bits per heavy atom. The summed E-state index contributed by atoms with van der Waals surface area (Å²) in [6.07, 6.45) is 8.19. The second-order valence-corrected chi connectivity index (χ2v) is 7.92. The minimum atomic E-state index is -0.409. The van der Waals surface area contributed by atoms with Crippen LogP contribution in [0.3, 0.4) is 0 Å². The van der Waals surface area contributed by atoms with Gasteiger partial charge in [0.1, 0.15) is 5.60 Å². The van der Waals surface area contributed by atoms with Crippen molar-refractivity contribution in [2.24, 2.45) is 0 Å². The summed E-state index contributed by atoms with van der Waals surface area (Å²) in [5.41, 5.74) is 5.00. The van der Waals surface area contributed by atoms with Crippen LogP contribution in [0.5, 0.6) is 0 Å². The van der Waals surface area contributed by atoms with E-state index in [0.717, 1.165) is 67.4 Å². The predicted molar refractivity (Wildman–Crippen MR) is 93.8 cm³/mol. The Balaban J connectivity index is 1.64. The molecular formula is C21H26O3. The van der Waals surface area contributed by atoms with Gasteiger partial charge < -0.3 is 9.47 Å². The molecule has 0 bridgehead atoms. The number of aryl methyl sites for hydroxylation is 3. The van der Waals surface area contributed by atoms with Gasteiger partial charge in [0, 0.05) is 6.61 Å². The second kappa shape index (κ2) is 5.45. The molecule has 0 amide bonds. The van der Waals surface area contributed by atoms with Crippen LogP contribution in [0.1, 0.15) is 60.8 Å². The van der Waals surface area contributed by atoms with E-state index in [1.807, 2.05) is 0 Å². The largest absolute Gasteiger partial charge is 0.451 e. The molecule has 2 spiro atoms. The predicted octanol–water partition coefficient (Wildman–Crippen LogP) is 4.41. The fourth-order valence-corrected chi connectivity index (χ4v) is 4.89. The topological polar surface area (TPSA) is 35.5 Å². The molecule has 4 rings (SSSR count). The quantitative estimate of drug-likeness (QED) is 0.717. The minimum Gasteiger partial charge on any atom is -0.451 e. The highest BCUT2D eigenvalue weighted by Crippen LogP contribution is 2.48. The van der Waals surface area contributed by atoms with Crippen LogP contribution in [-0.2, 0) is 14.3 Å². The average molecular weight is 326 g/mol. The number of hydrogen-bond donors (Lipinski definition) is 0. The number of rotatable bonds is 1. The molecule has 1 aromatic carbocycles. The van der Waals surface area contributed by atoms with Gasteiger partial charge in [-0.1, -0.05) is 17.7 Å². The number of carbonyl (C=O) groups excluding carboxylic acids is 1. The van der Waals surface area contributed by atoms with Crippen LogP contribution in [0, 0.1) is 20.8 Å². The number of benzene rings is 1. The molecule has 0 atom stereocenters. The van der Waals surface area contributed by atoms with E-state index in [0.29, 0.717) is 0 Å². The molecule has 2 fully saturated rings. The van der Waals surface area contributed by atoms with Crippen LogP contribution in [0.2, 0.25) is 0 Å². The SMILES string of the molecule is Cc1cc(C)c(C2=CC3(CCC4(CCCO4)CC3)OC2=O)c(C)c1. The zero-order chi connectivity index (χ0) is 16.9. The van der Waals surface area contributed by atoms with Gasteiger partial charge in [0.05, 0.1) is 11.2 Å². The summed E-state index contributed by atoms with van der Waals surface area (Å²) < 4.78 is 11.9.